The van der Waals surface area contributed by atoms with Crippen molar-refractivity contribution in [3.05, 3.63) is 29.1 Å². The van der Waals surface area contributed by atoms with Crippen molar-refractivity contribution in [3.8, 4) is 0 Å². The summed E-state index contributed by atoms with van der Waals surface area (Å²) in [6.07, 6.45) is 2.74. The fourth-order valence-electron chi connectivity index (χ4n) is 2.19. The molecule has 6 heteroatoms. The topological polar surface area (TPSA) is 58.2 Å². The predicted molar refractivity (Wildman–Crippen MR) is 83.2 cm³/mol. The number of unbranched alkanes of at least 4 members (excludes halogenated alkanes) is 1. The monoisotopic (exact) mass is 316 g/mol. The van der Waals surface area contributed by atoms with E-state index in [1.165, 1.54) is 19.1 Å². The molecule has 0 spiro atoms. The van der Waals surface area contributed by atoms with Gasteiger partial charge in [-0.15, -0.1) is 0 Å². The van der Waals surface area contributed by atoms with Gasteiger partial charge in [-0.1, -0.05) is 19.8 Å². The van der Waals surface area contributed by atoms with Crippen LogP contribution in [0.1, 0.15) is 44.2 Å². The van der Waals surface area contributed by atoms with E-state index in [1.54, 1.807) is 7.05 Å². The Morgan fingerprint density at radius 2 is 2.00 bits per heavy atom. The largest absolute Gasteiger partial charge is 0.316 e. The summed E-state index contributed by atoms with van der Waals surface area (Å²) in [6, 6.07) is 2.74. The molecular weight excluding hydrogens is 291 g/mol. The average molecular weight is 316 g/mol. The number of sulfonamides is 1. The molecule has 21 heavy (non-hydrogen) atoms. The Morgan fingerprint density at radius 3 is 2.57 bits per heavy atom. The van der Waals surface area contributed by atoms with Gasteiger partial charge in [0.2, 0.25) is 10.0 Å². The van der Waals surface area contributed by atoms with E-state index >= 15 is 0 Å². The highest BCUT2D eigenvalue weighted by atomic mass is 32.2. The Bertz CT molecular complexity index is 573. The van der Waals surface area contributed by atoms with E-state index in [1.807, 2.05) is 6.92 Å². The number of halogens is 1. The average Bonchev–Trinajstić information content (AvgIpc) is 2.40. The number of hydrogen-bond acceptors (Lipinski definition) is 3. The van der Waals surface area contributed by atoms with Crippen LogP contribution in [-0.4, -0.2) is 21.5 Å². The van der Waals surface area contributed by atoms with E-state index in [2.05, 4.69) is 17.0 Å². The quantitative estimate of drug-likeness (QED) is 0.775. The fraction of sp³-hybridized carbons (Fsp3) is 0.600. The first kappa shape index (κ1) is 18.1. The molecule has 1 aromatic rings. The highest BCUT2D eigenvalue weighted by molar-refractivity contribution is 7.89. The lowest BCUT2D eigenvalue weighted by Gasteiger charge is -2.16. The molecule has 0 saturated carbocycles. The van der Waals surface area contributed by atoms with E-state index in [9.17, 15) is 12.8 Å². The molecule has 120 valence electrons. The second-order valence-electron chi connectivity index (χ2n) is 5.40. The van der Waals surface area contributed by atoms with Gasteiger partial charge >= 0.3 is 0 Å². The highest BCUT2D eigenvalue weighted by Crippen LogP contribution is 2.21. The van der Waals surface area contributed by atoms with Crippen LogP contribution in [0.15, 0.2) is 17.0 Å². The van der Waals surface area contributed by atoms with Gasteiger partial charge in [0, 0.05) is 18.2 Å². The van der Waals surface area contributed by atoms with Crippen LogP contribution in [0, 0.1) is 12.7 Å². The standard InChI is InChI=1S/C15H25FN2O2S/c1-5-6-7-11(2)18-21(19,20)15-9-13(10-17-4)8-14(16)12(15)3/h8-9,11,17-18H,5-7,10H2,1-4H3. The first-order chi connectivity index (χ1) is 9.81. The number of benzene rings is 1. The molecule has 1 aromatic carbocycles. The molecule has 0 amide bonds. The van der Waals surface area contributed by atoms with E-state index in [0.29, 0.717) is 12.1 Å². The number of rotatable bonds is 8. The smallest absolute Gasteiger partial charge is 0.241 e. The molecule has 2 N–H and O–H groups in total. The van der Waals surface area contributed by atoms with Gasteiger partial charge in [0.1, 0.15) is 5.82 Å². The summed E-state index contributed by atoms with van der Waals surface area (Å²) in [6.45, 7) is 5.80. The Labute approximate surface area is 127 Å². The molecule has 0 radical (unpaired) electrons. The van der Waals surface area contributed by atoms with Crippen LogP contribution in [0.2, 0.25) is 0 Å². The van der Waals surface area contributed by atoms with Crippen molar-refractivity contribution in [1.82, 2.24) is 10.0 Å². The predicted octanol–water partition coefficient (Wildman–Crippen LogP) is 2.71. The molecule has 0 aliphatic carbocycles. The minimum Gasteiger partial charge on any atom is -0.316 e. The van der Waals surface area contributed by atoms with E-state index in [0.717, 1.165) is 19.3 Å². The summed E-state index contributed by atoms with van der Waals surface area (Å²) in [5, 5.41) is 2.90. The van der Waals surface area contributed by atoms with Crippen molar-refractivity contribution in [2.75, 3.05) is 7.05 Å². The van der Waals surface area contributed by atoms with Gasteiger partial charge in [-0.3, -0.25) is 0 Å². The van der Waals surface area contributed by atoms with Gasteiger partial charge in [-0.2, -0.15) is 0 Å². The SMILES string of the molecule is CCCCC(C)NS(=O)(=O)c1cc(CNC)cc(F)c1C. The zero-order valence-corrected chi connectivity index (χ0v) is 14.0. The lowest BCUT2D eigenvalue weighted by Crippen LogP contribution is -2.33. The Hall–Kier alpha value is -0.980. The van der Waals surface area contributed by atoms with Crippen LogP contribution >= 0.6 is 0 Å². The van der Waals surface area contributed by atoms with Gasteiger partial charge in [0.15, 0.2) is 0 Å². The molecule has 0 aliphatic heterocycles. The third-order valence-corrected chi connectivity index (χ3v) is 5.09. The zero-order valence-electron chi connectivity index (χ0n) is 13.2. The van der Waals surface area contributed by atoms with Crippen molar-refractivity contribution in [2.24, 2.45) is 0 Å². The summed E-state index contributed by atoms with van der Waals surface area (Å²) < 4.78 is 41.4. The maximum atomic E-state index is 13.9. The van der Waals surface area contributed by atoms with Crippen molar-refractivity contribution in [2.45, 2.75) is 57.5 Å². The second kappa shape index (κ2) is 7.87. The molecule has 0 fully saturated rings. The maximum Gasteiger partial charge on any atom is 0.241 e. The minimum atomic E-state index is -3.70. The van der Waals surface area contributed by atoms with Crippen molar-refractivity contribution >= 4 is 10.0 Å². The van der Waals surface area contributed by atoms with Gasteiger partial charge in [0.25, 0.3) is 0 Å². The lowest BCUT2D eigenvalue weighted by molar-refractivity contribution is 0.531. The van der Waals surface area contributed by atoms with Crippen LogP contribution in [-0.2, 0) is 16.6 Å². The van der Waals surface area contributed by atoms with E-state index in [-0.39, 0.29) is 16.5 Å². The molecule has 1 rings (SSSR count). The molecule has 0 bridgehead atoms. The molecule has 0 aliphatic rings. The molecule has 1 unspecified atom stereocenters. The van der Waals surface area contributed by atoms with E-state index < -0.39 is 15.8 Å². The lowest BCUT2D eigenvalue weighted by atomic mass is 10.1. The Kier molecular flexibility index (Phi) is 6.77. The molecule has 4 nitrogen and oxygen atoms in total. The van der Waals surface area contributed by atoms with E-state index in [4.69, 9.17) is 0 Å². The minimum absolute atomic E-state index is 0.0242. The van der Waals surface area contributed by atoms with Crippen molar-refractivity contribution in [1.29, 1.82) is 0 Å². The van der Waals surface area contributed by atoms with Gasteiger partial charge in [-0.05, 0) is 45.0 Å². The van der Waals surface area contributed by atoms with Gasteiger partial charge in [0.05, 0.1) is 4.90 Å². The zero-order chi connectivity index (χ0) is 16.0. The Balaban J connectivity index is 3.06. The molecule has 0 heterocycles. The fourth-order valence-corrected chi connectivity index (χ4v) is 3.77. The summed E-state index contributed by atoms with van der Waals surface area (Å²) in [4.78, 5) is 0.0242. The highest BCUT2D eigenvalue weighted by Gasteiger charge is 2.22. The molecule has 0 aromatic heterocycles. The molecule has 0 saturated heterocycles. The van der Waals surface area contributed by atoms with Gasteiger partial charge < -0.3 is 5.32 Å². The van der Waals surface area contributed by atoms with Crippen LogP contribution in [0.4, 0.5) is 4.39 Å². The number of hydrogen-bond donors (Lipinski definition) is 2. The third-order valence-electron chi connectivity index (χ3n) is 3.37. The first-order valence-corrected chi connectivity index (χ1v) is 8.76. The van der Waals surface area contributed by atoms with Crippen molar-refractivity contribution < 1.29 is 12.8 Å². The summed E-state index contributed by atoms with van der Waals surface area (Å²) >= 11 is 0. The van der Waals surface area contributed by atoms with Crippen molar-refractivity contribution in [3.63, 3.8) is 0 Å². The van der Waals surface area contributed by atoms with Crippen LogP contribution in [0.25, 0.3) is 0 Å². The Morgan fingerprint density at radius 1 is 1.33 bits per heavy atom. The molecular formula is C15H25FN2O2S. The third kappa shape index (κ3) is 5.05. The van der Waals surface area contributed by atoms with Crippen LogP contribution < -0.4 is 10.0 Å². The normalized spacial score (nSPS) is 13.4. The van der Waals surface area contributed by atoms with Gasteiger partial charge in [-0.25, -0.2) is 17.5 Å². The summed E-state index contributed by atoms with van der Waals surface area (Å²) in [7, 11) is -1.97. The maximum absolute atomic E-state index is 13.9. The first-order valence-electron chi connectivity index (χ1n) is 7.27. The summed E-state index contributed by atoms with van der Waals surface area (Å²) in [5.41, 5.74) is 0.771. The van der Waals surface area contributed by atoms with Crippen LogP contribution in [0.3, 0.4) is 0 Å². The summed E-state index contributed by atoms with van der Waals surface area (Å²) in [5.74, 6) is -0.496. The molecule has 1 atom stereocenters. The number of nitrogens with one attached hydrogen (secondary N) is 2. The van der Waals surface area contributed by atoms with Crippen LogP contribution in [0.5, 0.6) is 0 Å². The second-order valence-corrected chi connectivity index (χ2v) is 7.08.